The van der Waals surface area contributed by atoms with Crippen LogP contribution in [0.2, 0.25) is 0 Å². The summed E-state index contributed by atoms with van der Waals surface area (Å²) >= 11 is 0. The molecule has 2 aliphatic rings. The van der Waals surface area contributed by atoms with Crippen LogP contribution in [0.25, 0.3) is 0 Å². The molecule has 1 N–H and O–H groups in total. The van der Waals surface area contributed by atoms with E-state index in [-0.39, 0.29) is 0 Å². The summed E-state index contributed by atoms with van der Waals surface area (Å²) in [6, 6.07) is 2.47. The number of unbranched alkanes of at least 4 members (excludes halogenated alkanes) is 1. The zero-order valence-electron chi connectivity index (χ0n) is 12.5. The van der Waals surface area contributed by atoms with Crippen molar-refractivity contribution in [1.82, 2.24) is 10.2 Å². The Morgan fingerprint density at radius 1 is 1.17 bits per heavy atom. The molecule has 0 spiro atoms. The lowest BCUT2D eigenvalue weighted by atomic mass is 9.91. The summed E-state index contributed by atoms with van der Waals surface area (Å²) in [5, 5.41) is 3.75. The molecule has 2 heterocycles. The van der Waals surface area contributed by atoms with E-state index in [4.69, 9.17) is 0 Å². The average molecular weight is 252 g/mol. The third-order valence-electron chi connectivity index (χ3n) is 4.99. The van der Waals surface area contributed by atoms with Gasteiger partial charge in [-0.05, 0) is 51.6 Å². The lowest BCUT2D eigenvalue weighted by molar-refractivity contribution is 0.0654. The number of nitrogens with zero attached hydrogens (tertiary/aromatic N) is 1. The van der Waals surface area contributed by atoms with E-state index in [1.54, 1.807) is 0 Å². The summed E-state index contributed by atoms with van der Waals surface area (Å²) in [6.45, 7) is 7.30. The number of likely N-dealkylation sites (tertiary alicyclic amines) is 1. The van der Waals surface area contributed by atoms with Crippen LogP contribution in [-0.4, -0.2) is 36.1 Å². The van der Waals surface area contributed by atoms with Crippen LogP contribution in [-0.2, 0) is 0 Å². The molecule has 0 radical (unpaired) electrons. The van der Waals surface area contributed by atoms with Crippen molar-refractivity contribution in [1.29, 1.82) is 0 Å². The topological polar surface area (TPSA) is 15.3 Å². The molecule has 18 heavy (non-hydrogen) atoms. The maximum absolute atomic E-state index is 3.75. The molecule has 2 heteroatoms. The van der Waals surface area contributed by atoms with E-state index in [0.717, 1.165) is 18.1 Å². The van der Waals surface area contributed by atoms with Crippen LogP contribution in [0.1, 0.15) is 71.6 Å². The predicted molar refractivity (Wildman–Crippen MR) is 79.0 cm³/mol. The van der Waals surface area contributed by atoms with Gasteiger partial charge in [0.15, 0.2) is 0 Å². The Kier molecular flexibility index (Phi) is 5.97. The molecule has 3 unspecified atom stereocenters. The fraction of sp³-hybridized carbons (Fsp3) is 1.00. The van der Waals surface area contributed by atoms with E-state index in [1.165, 1.54) is 70.9 Å². The number of hydrogen-bond donors (Lipinski definition) is 1. The second-order valence-electron chi connectivity index (χ2n) is 6.21. The van der Waals surface area contributed by atoms with Gasteiger partial charge in [0.1, 0.15) is 0 Å². The van der Waals surface area contributed by atoms with Gasteiger partial charge in [-0.1, -0.05) is 33.1 Å². The van der Waals surface area contributed by atoms with Gasteiger partial charge in [-0.3, -0.25) is 4.90 Å². The second kappa shape index (κ2) is 7.49. The largest absolute Gasteiger partial charge is 0.312 e. The molecule has 0 aromatic carbocycles. The van der Waals surface area contributed by atoms with Gasteiger partial charge < -0.3 is 5.32 Å². The van der Waals surface area contributed by atoms with Crippen LogP contribution in [0.4, 0.5) is 0 Å². The highest BCUT2D eigenvalue weighted by Gasteiger charge is 2.34. The predicted octanol–water partition coefficient (Wildman–Crippen LogP) is 3.56. The zero-order valence-corrected chi connectivity index (χ0v) is 12.5. The van der Waals surface area contributed by atoms with Crippen LogP contribution in [0.5, 0.6) is 0 Å². The van der Waals surface area contributed by atoms with Crippen molar-refractivity contribution >= 4 is 0 Å². The first-order valence-corrected chi connectivity index (χ1v) is 8.36. The van der Waals surface area contributed by atoms with E-state index in [9.17, 15) is 0 Å². The third-order valence-corrected chi connectivity index (χ3v) is 4.99. The van der Waals surface area contributed by atoms with Crippen LogP contribution >= 0.6 is 0 Å². The van der Waals surface area contributed by atoms with Crippen LogP contribution < -0.4 is 5.32 Å². The molecule has 2 aliphatic heterocycles. The van der Waals surface area contributed by atoms with Crippen molar-refractivity contribution in [2.24, 2.45) is 0 Å². The first-order chi connectivity index (χ1) is 8.86. The SMILES string of the molecule is CCCCC(CC)N1CCCCC1C1CCCN1. The average Bonchev–Trinajstić information content (AvgIpc) is 2.94. The van der Waals surface area contributed by atoms with Gasteiger partial charge in [0.25, 0.3) is 0 Å². The minimum atomic E-state index is 0.793. The minimum absolute atomic E-state index is 0.793. The van der Waals surface area contributed by atoms with Crippen LogP contribution in [0, 0.1) is 0 Å². The maximum Gasteiger partial charge on any atom is 0.0252 e. The van der Waals surface area contributed by atoms with Gasteiger partial charge in [-0.15, -0.1) is 0 Å². The highest BCUT2D eigenvalue weighted by molar-refractivity contribution is 4.92. The Bertz CT molecular complexity index is 223. The first-order valence-electron chi connectivity index (χ1n) is 8.36. The van der Waals surface area contributed by atoms with Gasteiger partial charge >= 0.3 is 0 Å². The van der Waals surface area contributed by atoms with Gasteiger partial charge in [-0.25, -0.2) is 0 Å². The molecule has 0 aliphatic carbocycles. The Morgan fingerprint density at radius 2 is 2.06 bits per heavy atom. The lowest BCUT2D eigenvalue weighted by Crippen LogP contribution is -2.54. The summed E-state index contributed by atoms with van der Waals surface area (Å²) in [5.41, 5.74) is 0. The molecule has 3 atom stereocenters. The van der Waals surface area contributed by atoms with Gasteiger partial charge in [-0.2, -0.15) is 0 Å². The highest BCUT2D eigenvalue weighted by atomic mass is 15.2. The monoisotopic (exact) mass is 252 g/mol. The van der Waals surface area contributed by atoms with Crippen molar-refractivity contribution in [2.45, 2.75) is 89.8 Å². The highest BCUT2D eigenvalue weighted by Crippen LogP contribution is 2.28. The third kappa shape index (κ3) is 3.48. The van der Waals surface area contributed by atoms with E-state index in [2.05, 4.69) is 24.1 Å². The summed E-state index contributed by atoms with van der Waals surface area (Å²) in [5.74, 6) is 0. The molecule has 2 rings (SSSR count). The molecule has 0 aromatic heterocycles. The molecule has 106 valence electrons. The fourth-order valence-corrected chi connectivity index (χ4v) is 3.95. The van der Waals surface area contributed by atoms with E-state index in [0.29, 0.717) is 0 Å². The second-order valence-corrected chi connectivity index (χ2v) is 6.21. The Labute approximate surface area is 114 Å². The summed E-state index contributed by atoms with van der Waals surface area (Å²) in [4.78, 5) is 2.88. The maximum atomic E-state index is 3.75. The quantitative estimate of drug-likeness (QED) is 0.777. The molecule has 0 bridgehead atoms. The Balaban J connectivity index is 1.96. The molecule has 0 saturated carbocycles. The normalized spacial score (nSPS) is 31.7. The Hall–Kier alpha value is -0.0800. The first kappa shape index (κ1) is 14.3. The van der Waals surface area contributed by atoms with Gasteiger partial charge in [0, 0.05) is 18.1 Å². The molecule has 0 aromatic rings. The molecule has 2 saturated heterocycles. The van der Waals surface area contributed by atoms with Gasteiger partial charge in [0.05, 0.1) is 0 Å². The van der Waals surface area contributed by atoms with E-state index in [1.807, 2.05) is 0 Å². The van der Waals surface area contributed by atoms with Crippen molar-refractivity contribution in [3.63, 3.8) is 0 Å². The smallest absolute Gasteiger partial charge is 0.0252 e. The minimum Gasteiger partial charge on any atom is -0.312 e. The van der Waals surface area contributed by atoms with E-state index < -0.39 is 0 Å². The molecular weight excluding hydrogens is 220 g/mol. The van der Waals surface area contributed by atoms with Crippen molar-refractivity contribution in [3.8, 4) is 0 Å². The van der Waals surface area contributed by atoms with Crippen molar-refractivity contribution in [2.75, 3.05) is 13.1 Å². The summed E-state index contributed by atoms with van der Waals surface area (Å²) < 4.78 is 0. The molecular formula is C16H32N2. The fourth-order valence-electron chi connectivity index (χ4n) is 3.95. The number of rotatable bonds is 6. The number of nitrogens with one attached hydrogen (secondary N) is 1. The van der Waals surface area contributed by atoms with Crippen LogP contribution in [0.15, 0.2) is 0 Å². The number of piperidine rings is 1. The van der Waals surface area contributed by atoms with Crippen molar-refractivity contribution in [3.05, 3.63) is 0 Å². The van der Waals surface area contributed by atoms with E-state index >= 15 is 0 Å². The standard InChI is InChI=1S/C16H32N2/c1-3-5-9-14(4-2)18-13-7-6-11-16(18)15-10-8-12-17-15/h14-17H,3-13H2,1-2H3. The van der Waals surface area contributed by atoms with Crippen molar-refractivity contribution < 1.29 is 0 Å². The summed E-state index contributed by atoms with van der Waals surface area (Å²) in [7, 11) is 0. The molecule has 2 fully saturated rings. The van der Waals surface area contributed by atoms with Gasteiger partial charge in [0.2, 0.25) is 0 Å². The lowest BCUT2D eigenvalue weighted by Gasteiger charge is -2.44. The molecule has 2 nitrogen and oxygen atoms in total. The van der Waals surface area contributed by atoms with Crippen LogP contribution in [0.3, 0.4) is 0 Å². The molecule has 0 amide bonds. The summed E-state index contributed by atoms with van der Waals surface area (Å²) in [6.07, 6.45) is 12.6. The zero-order chi connectivity index (χ0) is 12.8. The number of hydrogen-bond acceptors (Lipinski definition) is 2. The Morgan fingerprint density at radius 3 is 2.72 bits per heavy atom.